The Labute approximate surface area is 89.6 Å². The van der Waals surface area contributed by atoms with Crippen LogP contribution in [0, 0.1) is 11.8 Å². The Kier molecular flexibility index (Phi) is 8.20. The van der Waals surface area contributed by atoms with Crippen LogP contribution in [0.5, 0.6) is 0 Å². The first-order valence-corrected chi connectivity index (χ1v) is 5.99. The fourth-order valence-corrected chi connectivity index (χ4v) is 1.81. The summed E-state index contributed by atoms with van der Waals surface area (Å²) >= 11 is 0. The van der Waals surface area contributed by atoms with E-state index in [0.29, 0.717) is 6.04 Å². The third-order valence-electron chi connectivity index (χ3n) is 2.33. The van der Waals surface area contributed by atoms with Crippen molar-refractivity contribution in [1.82, 2.24) is 5.32 Å². The van der Waals surface area contributed by atoms with Crippen LogP contribution >= 0.6 is 0 Å². The molecule has 0 bridgehead atoms. The Morgan fingerprint density at radius 2 is 1.50 bits per heavy atom. The summed E-state index contributed by atoms with van der Waals surface area (Å²) in [5, 5.41) is 3.60. The van der Waals surface area contributed by atoms with Gasteiger partial charge in [-0.1, -0.05) is 27.7 Å². The second-order valence-electron chi connectivity index (χ2n) is 5.05. The molecule has 0 aliphatic heterocycles. The molecule has 0 radical (unpaired) electrons. The Balaban J connectivity index is 3.72. The molecule has 0 aromatic carbocycles. The molecular weight excluding hydrogens is 172 g/mol. The van der Waals surface area contributed by atoms with Crippen molar-refractivity contribution in [2.45, 2.75) is 53.0 Å². The summed E-state index contributed by atoms with van der Waals surface area (Å²) in [6.07, 6.45) is 3.65. The van der Waals surface area contributed by atoms with Gasteiger partial charge in [0.05, 0.1) is 0 Å². The minimum Gasteiger partial charge on any atom is -0.330 e. The highest BCUT2D eigenvalue weighted by Crippen LogP contribution is 2.12. The molecule has 0 spiro atoms. The standard InChI is InChI=1S/C12H28N2/c1-10(2)8-12(9-11(3)4)14-7-5-6-13/h10-12,14H,5-9,13H2,1-4H3. The van der Waals surface area contributed by atoms with Crippen LogP contribution in [0.25, 0.3) is 0 Å². The summed E-state index contributed by atoms with van der Waals surface area (Å²) < 4.78 is 0. The molecule has 0 heterocycles. The quantitative estimate of drug-likeness (QED) is 0.590. The highest BCUT2D eigenvalue weighted by Gasteiger charge is 2.11. The summed E-state index contributed by atoms with van der Waals surface area (Å²) in [6.45, 7) is 11.0. The zero-order valence-electron chi connectivity index (χ0n) is 10.3. The number of hydrogen-bond acceptors (Lipinski definition) is 2. The second kappa shape index (κ2) is 8.25. The Bertz CT molecular complexity index is 111. The molecule has 0 amide bonds. The number of nitrogens with one attached hydrogen (secondary N) is 1. The maximum Gasteiger partial charge on any atom is 0.00719 e. The summed E-state index contributed by atoms with van der Waals surface area (Å²) in [7, 11) is 0. The van der Waals surface area contributed by atoms with Gasteiger partial charge in [-0.2, -0.15) is 0 Å². The van der Waals surface area contributed by atoms with Gasteiger partial charge in [0.15, 0.2) is 0 Å². The van der Waals surface area contributed by atoms with E-state index in [1.807, 2.05) is 0 Å². The lowest BCUT2D eigenvalue weighted by Crippen LogP contribution is -2.33. The van der Waals surface area contributed by atoms with Crippen LogP contribution in [0.2, 0.25) is 0 Å². The highest BCUT2D eigenvalue weighted by molar-refractivity contribution is 4.70. The molecule has 0 saturated carbocycles. The van der Waals surface area contributed by atoms with Gasteiger partial charge in [0.25, 0.3) is 0 Å². The van der Waals surface area contributed by atoms with E-state index in [4.69, 9.17) is 5.73 Å². The first-order valence-electron chi connectivity index (χ1n) is 5.99. The fourth-order valence-electron chi connectivity index (χ4n) is 1.81. The van der Waals surface area contributed by atoms with Gasteiger partial charge in [-0.3, -0.25) is 0 Å². The van der Waals surface area contributed by atoms with E-state index >= 15 is 0 Å². The van der Waals surface area contributed by atoms with Crippen molar-refractivity contribution < 1.29 is 0 Å². The first-order chi connectivity index (χ1) is 6.56. The van der Waals surface area contributed by atoms with E-state index in [0.717, 1.165) is 31.3 Å². The van der Waals surface area contributed by atoms with Gasteiger partial charge in [0.2, 0.25) is 0 Å². The molecule has 2 heteroatoms. The summed E-state index contributed by atoms with van der Waals surface area (Å²) in [5.41, 5.74) is 5.48. The van der Waals surface area contributed by atoms with E-state index in [1.54, 1.807) is 0 Å². The Morgan fingerprint density at radius 3 is 1.86 bits per heavy atom. The van der Waals surface area contributed by atoms with Crippen LogP contribution in [0.3, 0.4) is 0 Å². The second-order valence-corrected chi connectivity index (χ2v) is 5.05. The molecule has 0 aliphatic rings. The van der Waals surface area contributed by atoms with Gasteiger partial charge in [-0.25, -0.2) is 0 Å². The Hall–Kier alpha value is -0.0800. The van der Waals surface area contributed by atoms with Crippen LogP contribution in [-0.2, 0) is 0 Å². The molecule has 3 N–H and O–H groups in total. The van der Waals surface area contributed by atoms with Crippen molar-refractivity contribution in [2.75, 3.05) is 13.1 Å². The topological polar surface area (TPSA) is 38.0 Å². The van der Waals surface area contributed by atoms with E-state index in [9.17, 15) is 0 Å². The van der Waals surface area contributed by atoms with Gasteiger partial charge < -0.3 is 11.1 Å². The monoisotopic (exact) mass is 200 g/mol. The highest BCUT2D eigenvalue weighted by atomic mass is 14.9. The van der Waals surface area contributed by atoms with Crippen LogP contribution in [-0.4, -0.2) is 19.1 Å². The molecule has 0 saturated heterocycles. The van der Waals surface area contributed by atoms with Crippen LogP contribution in [0.1, 0.15) is 47.0 Å². The minimum atomic E-state index is 0.682. The lowest BCUT2D eigenvalue weighted by molar-refractivity contribution is 0.359. The smallest absolute Gasteiger partial charge is 0.00719 e. The van der Waals surface area contributed by atoms with Crippen LogP contribution in [0.15, 0.2) is 0 Å². The lowest BCUT2D eigenvalue weighted by atomic mass is 9.95. The molecule has 0 aromatic rings. The van der Waals surface area contributed by atoms with Crippen molar-refractivity contribution in [1.29, 1.82) is 0 Å². The van der Waals surface area contributed by atoms with Gasteiger partial charge >= 0.3 is 0 Å². The molecule has 0 rings (SSSR count). The first kappa shape index (κ1) is 13.9. The molecule has 14 heavy (non-hydrogen) atoms. The van der Waals surface area contributed by atoms with E-state index < -0.39 is 0 Å². The molecular formula is C12H28N2. The van der Waals surface area contributed by atoms with Gasteiger partial charge in [0.1, 0.15) is 0 Å². The number of nitrogens with two attached hydrogens (primary N) is 1. The predicted octanol–water partition coefficient (Wildman–Crippen LogP) is 2.39. The third kappa shape index (κ3) is 8.52. The normalized spacial score (nSPS) is 12.0. The molecule has 0 aliphatic carbocycles. The maximum absolute atomic E-state index is 5.48. The largest absolute Gasteiger partial charge is 0.330 e. The Morgan fingerprint density at radius 1 is 1.00 bits per heavy atom. The van der Waals surface area contributed by atoms with E-state index in [2.05, 4.69) is 33.0 Å². The minimum absolute atomic E-state index is 0.682. The zero-order chi connectivity index (χ0) is 11.0. The van der Waals surface area contributed by atoms with Gasteiger partial charge in [-0.15, -0.1) is 0 Å². The molecule has 2 nitrogen and oxygen atoms in total. The molecule has 0 fully saturated rings. The van der Waals surface area contributed by atoms with Gasteiger partial charge in [-0.05, 0) is 44.2 Å². The van der Waals surface area contributed by atoms with Crippen molar-refractivity contribution >= 4 is 0 Å². The lowest BCUT2D eigenvalue weighted by Gasteiger charge is -2.22. The number of hydrogen-bond donors (Lipinski definition) is 2. The van der Waals surface area contributed by atoms with E-state index in [-0.39, 0.29) is 0 Å². The third-order valence-corrected chi connectivity index (χ3v) is 2.33. The molecule has 0 unspecified atom stereocenters. The molecule has 86 valence electrons. The van der Waals surface area contributed by atoms with Crippen molar-refractivity contribution in [3.8, 4) is 0 Å². The average Bonchev–Trinajstić information content (AvgIpc) is 2.02. The fraction of sp³-hybridized carbons (Fsp3) is 1.00. The average molecular weight is 200 g/mol. The van der Waals surface area contributed by atoms with Crippen LogP contribution < -0.4 is 11.1 Å². The molecule has 0 aromatic heterocycles. The van der Waals surface area contributed by atoms with Crippen molar-refractivity contribution in [3.05, 3.63) is 0 Å². The van der Waals surface area contributed by atoms with E-state index in [1.165, 1.54) is 12.8 Å². The van der Waals surface area contributed by atoms with Crippen LogP contribution in [0.4, 0.5) is 0 Å². The maximum atomic E-state index is 5.48. The van der Waals surface area contributed by atoms with Crippen molar-refractivity contribution in [3.63, 3.8) is 0 Å². The van der Waals surface area contributed by atoms with Gasteiger partial charge in [0, 0.05) is 6.04 Å². The summed E-state index contributed by atoms with van der Waals surface area (Å²) in [4.78, 5) is 0. The predicted molar refractivity (Wildman–Crippen MR) is 64.4 cm³/mol. The number of rotatable bonds is 8. The summed E-state index contributed by atoms with van der Waals surface area (Å²) in [6, 6.07) is 0.682. The molecule has 0 atom stereocenters. The zero-order valence-corrected chi connectivity index (χ0v) is 10.3. The SMILES string of the molecule is CC(C)CC(CC(C)C)NCCCN. The summed E-state index contributed by atoms with van der Waals surface area (Å²) in [5.74, 6) is 1.56. The van der Waals surface area contributed by atoms with Crippen molar-refractivity contribution in [2.24, 2.45) is 17.6 Å².